The van der Waals surface area contributed by atoms with Crippen LogP contribution in [0.5, 0.6) is 0 Å². The molecule has 3 rings (SSSR count). The number of cyclic esters (lactones) is 1. The Morgan fingerprint density at radius 3 is 2.50 bits per heavy atom. The summed E-state index contributed by atoms with van der Waals surface area (Å²) in [7, 11) is -3.24. The number of anilines is 1. The second-order valence-corrected chi connectivity index (χ2v) is 9.22. The van der Waals surface area contributed by atoms with Crippen LogP contribution in [0.3, 0.4) is 0 Å². The second kappa shape index (κ2) is 6.37. The van der Waals surface area contributed by atoms with Crippen LogP contribution in [0.1, 0.15) is 37.8 Å². The summed E-state index contributed by atoms with van der Waals surface area (Å²) in [6, 6.07) is 5.89. The Morgan fingerprint density at radius 1 is 1.21 bits per heavy atom. The minimum Gasteiger partial charge on any atom is -0.444 e. The molecule has 0 N–H and O–H groups in total. The minimum atomic E-state index is -3.24. The molecule has 0 spiro atoms. The second-order valence-electron chi connectivity index (χ2n) is 6.73. The van der Waals surface area contributed by atoms with Crippen LogP contribution in [-0.2, 0) is 21.4 Å². The van der Waals surface area contributed by atoms with Crippen molar-refractivity contribution in [3.05, 3.63) is 29.3 Å². The van der Waals surface area contributed by atoms with Gasteiger partial charge in [-0.3, -0.25) is 4.90 Å². The number of aryl methyl sites for hydroxylation is 1. The fourth-order valence-corrected chi connectivity index (χ4v) is 4.78. The molecule has 1 aromatic rings. The number of nitrogens with zero attached hydrogens (tertiary/aromatic N) is 2. The number of ether oxygens (including phenoxy) is 1. The predicted octanol–water partition coefficient (Wildman–Crippen LogP) is 2.65. The number of carbonyl (C=O) groups excluding carboxylic acids is 1. The Labute approximate surface area is 143 Å². The van der Waals surface area contributed by atoms with E-state index in [4.69, 9.17) is 4.74 Å². The number of hydrogen-bond acceptors (Lipinski definition) is 4. The van der Waals surface area contributed by atoms with Gasteiger partial charge < -0.3 is 4.74 Å². The van der Waals surface area contributed by atoms with Gasteiger partial charge >= 0.3 is 6.09 Å². The van der Waals surface area contributed by atoms with Gasteiger partial charge in [-0.15, -0.1) is 0 Å². The van der Waals surface area contributed by atoms with Gasteiger partial charge in [0.25, 0.3) is 0 Å². The zero-order valence-electron chi connectivity index (χ0n) is 14.4. The third kappa shape index (κ3) is 2.91. The lowest BCUT2D eigenvalue weighted by Crippen LogP contribution is -2.51. The fourth-order valence-electron chi connectivity index (χ4n) is 3.47. The molecule has 1 fully saturated rings. The van der Waals surface area contributed by atoms with E-state index in [1.165, 1.54) is 0 Å². The van der Waals surface area contributed by atoms with E-state index in [1.807, 2.05) is 25.1 Å². The normalized spacial score (nSPS) is 20.2. The lowest BCUT2D eigenvalue weighted by atomic mass is 10.00. The molecule has 6 nitrogen and oxygen atoms in total. The number of hydrogen-bond donors (Lipinski definition) is 0. The van der Waals surface area contributed by atoms with Crippen LogP contribution in [-0.4, -0.2) is 43.2 Å². The van der Waals surface area contributed by atoms with Crippen LogP contribution in [0.25, 0.3) is 0 Å². The zero-order chi connectivity index (χ0) is 17.5. The van der Waals surface area contributed by atoms with Crippen LogP contribution in [0.4, 0.5) is 10.5 Å². The highest BCUT2D eigenvalue weighted by Gasteiger charge is 2.37. The first-order valence-electron chi connectivity index (χ1n) is 8.36. The van der Waals surface area contributed by atoms with Gasteiger partial charge in [0, 0.05) is 24.7 Å². The molecule has 132 valence electrons. The first kappa shape index (κ1) is 17.2. The van der Waals surface area contributed by atoms with E-state index < -0.39 is 15.3 Å². The summed E-state index contributed by atoms with van der Waals surface area (Å²) in [6.07, 6.45) is 0.908. The van der Waals surface area contributed by atoms with Crippen LogP contribution < -0.4 is 4.90 Å². The Bertz CT molecular complexity index is 737. The molecule has 1 aromatic carbocycles. The quantitative estimate of drug-likeness (QED) is 0.839. The van der Waals surface area contributed by atoms with Crippen LogP contribution in [0.2, 0.25) is 0 Å². The summed E-state index contributed by atoms with van der Waals surface area (Å²) < 4.78 is 31.5. The largest absolute Gasteiger partial charge is 0.444 e. The first-order valence-corrected chi connectivity index (χ1v) is 9.86. The lowest BCUT2D eigenvalue weighted by molar-refractivity contribution is 0.135. The Morgan fingerprint density at radius 2 is 1.88 bits per heavy atom. The molecule has 24 heavy (non-hydrogen) atoms. The van der Waals surface area contributed by atoms with Crippen LogP contribution in [0, 0.1) is 6.92 Å². The van der Waals surface area contributed by atoms with Gasteiger partial charge in [0.2, 0.25) is 10.0 Å². The monoisotopic (exact) mass is 352 g/mol. The summed E-state index contributed by atoms with van der Waals surface area (Å²) in [5.74, 6) is 0. The van der Waals surface area contributed by atoms with E-state index in [1.54, 1.807) is 23.1 Å². The Kier molecular flexibility index (Phi) is 4.57. The summed E-state index contributed by atoms with van der Waals surface area (Å²) in [6.45, 7) is 6.56. The number of carbonyl (C=O) groups is 1. The molecule has 1 amide bonds. The van der Waals surface area contributed by atoms with Crippen molar-refractivity contribution in [3.63, 3.8) is 0 Å². The van der Waals surface area contributed by atoms with Crippen LogP contribution >= 0.6 is 0 Å². The van der Waals surface area contributed by atoms with Gasteiger partial charge in [-0.25, -0.2) is 17.5 Å². The molecule has 2 aliphatic heterocycles. The van der Waals surface area contributed by atoms with Crippen molar-refractivity contribution in [2.24, 2.45) is 0 Å². The molecule has 0 saturated carbocycles. The SMILES string of the molecule is Cc1cccc2c1N(C1CCN(S(=O)(=O)C(C)C)CC1)C(=O)OC2. The summed E-state index contributed by atoms with van der Waals surface area (Å²) in [4.78, 5) is 14.1. The molecule has 0 aliphatic carbocycles. The molecular weight excluding hydrogens is 328 g/mol. The van der Waals surface area contributed by atoms with Crippen molar-refractivity contribution >= 4 is 21.8 Å². The van der Waals surface area contributed by atoms with E-state index in [0.29, 0.717) is 32.5 Å². The first-order chi connectivity index (χ1) is 11.3. The number of sulfonamides is 1. The van der Waals surface area contributed by atoms with Gasteiger partial charge in [-0.05, 0) is 39.2 Å². The van der Waals surface area contributed by atoms with Crippen molar-refractivity contribution in [3.8, 4) is 0 Å². The standard InChI is InChI=1S/C17H24N2O4S/c1-12(2)24(21,22)18-9-7-15(8-10-18)19-16-13(3)5-4-6-14(16)11-23-17(19)20/h4-6,12,15H,7-11H2,1-3H3. The average Bonchev–Trinajstić information content (AvgIpc) is 2.55. The average molecular weight is 352 g/mol. The molecule has 2 aliphatic rings. The van der Waals surface area contributed by atoms with Gasteiger partial charge in [-0.2, -0.15) is 0 Å². The molecular formula is C17H24N2O4S. The van der Waals surface area contributed by atoms with Crippen molar-refractivity contribution in [2.75, 3.05) is 18.0 Å². The maximum absolute atomic E-state index is 12.4. The van der Waals surface area contributed by atoms with Gasteiger partial charge in [0.1, 0.15) is 6.61 Å². The molecule has 2 heterocycles. The highest BCUT2D eigenvalue weighted by molar-refractivity contribution is 7.89. The molecule has 0 bridgehead atoms. The smallest absolute Gasteiger partial charge is 0.414 e. The Balaban J connectivity index is 1.82. The number of fused-ring (bicyclic) bond motifs is 1. The van der Waals surface area contributed by atoms with Crippen molar-refractivity contribution in [1.82, 2.24) is 4.31 Å². The third-order valence-electron chi connectivity index (χ3n) is 4.85. The van der Waals surface area contributed by atoms with Gasteiger partial charge in [-0.1, -0.05) is 18.2 Å². The summed E-state index contributed by atoms with van der Waals surface area (Å²) in [5.41, 5.74) is 2.98. The molecule has 0 radical (unpaired) electrons. The van der Waals surface area contributed by atoms with Crippen molar-refractivity contribution < 1.29 is 17.9 Å². The molecule has 0 aromatic heterocycles. The summed E-state index contributed by atoms with van der Waals surface area (Å²) in [5, 5.41) is -0.419. The fraction of sp³-hybridized carbons (Fsp3) is 0.588. The Hall–Kier alpha value is -1.60. The third-order valence-corrected chi connectivity index (χ3v) is 7.13. The molecule has 0 unspecified atom stereocenters. The maximum Gasteiger partial charge on any atom is 0.414 e. The van der Waals surface area contributed by atoms with E-state index >= 15 is 0 Å². The topological polar surface area (TPSA) is 66.9 Å². The lowest BCUT2D eigenvalue weighted by Gasteiger charge is -2.40. The molecule has 7 heteroatoms. The van der Waals surface area contributed by atoms with Gasteiger partial charge in [0.05, 0.1) is 10.9 Å². The number of piperidine rings is 1. The van der Waals surface area contributed by atoms with Crippen molar-refractivity contribution in [2.45, 2.75) is 51.5 Å². The van der Waals surface area contributed by atoms with E-state index in [0.717, 1.165) is 16.8 Å². The summed E-state index contributed by atoms with van der Waals surface area (Å²) >= 11 is 0. The van der Waals surface area contributed by atoms with E-state index in [2.05, 4.69) is 0 Å². The van der Waals surface area contributed by atoms with E-state index in [9.17, 15) is 13.2 Å². The van der Waals surface area contributed by atoms with E-state index in [-0.39, 0.29) is 12.1 Å². The predicted molar refractivity (Wildman–Crippen MR) is 92.5 cm³/mol. The zero-order valence-corrected chi connectivity index (χ0v) is 15.2. The highest BCUT2D eigenvalue weighted by Crippen LogP contribution is 2.35. The number of amides is 1. The molecule has 1 saturated heterocycles. The van der Waals surface area contributed by atoms with Crippen molar-refractivity contribution in [1.29, 1.82) is 0 Å². The number of benzene rings is 1. The maximum atomic E-state index is 12.4. The van der Waals surface area contributed by atoms with Crippen LogP contribution in [0.15, 0.2) is 18.2 Å². The number of rotatable bonds is 3. The minimum absolute atomic E-state index is 0.0312. The highest BCUT2D eigenvalue weighted by atomic mass is 32.2. The molecule has 0 atom stereocenters. The van der Waals surface area contributed by atoms with Gasteiger partial charge in [0.15, 0.2) is 0 Å². The number of para-hydroxylation sites is 1.